The largest absolute Gasteiger partial charge is 0.322 e. The van der Waals surface area contributed by atoms with Crippen LogP contribution in [0.5, 0.6) is 0 Å². The molecule has 3 fully saturated rings. The topological polar surface area (TPSA) is 32.3 Å². The maximum absolute atomic E-state index is 13.1. The molecule has 21 heavy (non-hydrogen) atoms. The molecule has 0 bridgehead atoms. The van der Waals surface area contributed by atoms with Crippen LogP contribution in [0.25, 0.3) is 0 Å². The highest BCUT2D eigenvalue weighted by molar-refractivity contribution is 5.85. The van der Waals surface area contributed by atoms with Crippen LogP contribution in [-0.4, -0.2) is 29.1 Å². The fourth-order valence-electron chi connectivity index (χ4n) is 4.92. The Hall–Kier alpha value is -0.570. The number of carbonyl (C=O) groups excluding carboxylic acids is 1. The molecular weight excluding hydrogens is 260 g/mol. The zero-order valence-electron chi connectivity index (χ0n) is 14.2. The number of nitrogens with zero attached hydrogens (tertiary/aromatic N) is 1. The van der Waals surface area contributed by atoms with E-state index in [0.29, 0.717) is 30.0 Å². The van der Waals surface area contributed by atoms with E-state index in [2.05, 4.69) is 37.9 Å². The van der Waals surface area contributed by atoms with Crippen LogP contribution in [0.3, 0.4) is 0 Å². The van der Waals surface area contributed by atoms with Gasteiger partial charge in [-0.2, -0.15) is 0 Å². The lowest BCUT2D eigenvalue weighted by molar-refractivity contribution is -0.135. The van der Waals surface area contributed by atoms with Gasteiger partial charge >= 0.3 is 0 Å². The fraction of sp³-hybridized carbons (Fsp3) is 0.944. The quantitative estimate of drug-likeness (QED) is 0.863. The van der Waals surface area contributed by atoms with E-state index >= 15 is 0 Å². The molecule has 0 radical (unpaired) electrons. The zero-order chi connectivity index (χ0) is 15.2. The van der Waals surface area contributed by atoms with Crippen LogP contribution in [0.4, 0.5) is 0 Å². The molecule has 1 N–H and O–H groups in total. The van der Waals surface area contributed by atoms with Gasteiger partial charge in [0.15, 0.2) is 0 Å². The second-order valence-electron chi connectivity index (χ2n) is 8.52. The smallest absolute Gasteiger partial charge is 0.241 e. The average molecular weight is 292 g/mol. The van der Waals surface area contributed by atoms with E-state index in [1.165, 1.54) is 44.9 Å². The van der Waals surface area contributed by atoms with Crippen molar-refractivity contribution in [2.75, 3.05) is 0 Å². The lowest BCUT2D eigenvalue weighted by Gasteiger charge is -2.40. The number of hydrogen-bond acceptors (Lipinski definition) is 2. The summed E-state index contributed by atoms with van der Waals surface area (Å²) in [6.45, 7) is 9.05. The van der Waals surface area contributed by atoms with Crippen molar-refractivity contribution < 1.29 is 4.79 Å². The van der Waals surface area contributed by atoms with Crippen molar-refractivity contribution in [2.24, 2.45) is 17.3 Å². The summed E-state index contributed by atoms with van der Waals surface area (Å²) in [5.41, 5.74) is 0.278. The van der Waals surface area contributed by atoms with E-state index in [9.17, 15) is 4.79 Å². The van der Waals surface area contributed by atoms with Crippen LogP contribution in [-0.2, 0) is 4.79 Å². The monoisotopic (exact) mass is 292 g/mol. The second kappa shape index (κ2) is 5.57. The lowest BCUT2D eigenvalue weighted by Crippen LogP contribution is -2.51. The van der Waals surface area contributed by atoms with E-state index in [-0.39, 0.29) is 11.5 Å². The van der Waals surface area contributed by atoms with Crippen LogP contribution in [0.15, 0.2) is 0 Å². The highest BCUT2D eigenvalue weighted by Crippen LogP contribution is 2.44. The van der Waals surface area contributed by atoms with Crippen molar-refractivity contribution in [2.45, 2.75) is 90.9 Å². The van der Waals surface area contributed by atoms with Crippen molar-refractivity contribution >= 4 is 5.91 Å². The standard InChI is InChI=1S/C18H32N2O/c1-12(2)15-17(21)20(14-10-7-11-18(14,3)4)16(19-15)13-8-5-6-9-13/h12-16,19H,5-11H2,1-4H3. The summed E-state index contributed by atoms with van der Waals surface area (Å²) < 4.78 is 0. The Morgan fingerprint density at radius 2 is 1.81 bits per heavy atom. The summed E-state index contributed by atoms with van der Waals surface area (Å²) in [6.07, 6.45) is 9.27. The molecule has 3 rings (SSSR count). The molecule has 0 spiro atoms. The summed E-state index contributed by atoms with van der Waals surface area (Å²) in [5.74, 6) is 1.44. The van der Waals surface area contributed by atoms with Crippen LogP contribution < -0.4 is 5.32 Å². The van der Waals surface area contributed by atoms with Gasteiger partial charge in [-0.3, -0.25) is 10.1 Å². The second-order valence-corrected chi connectivity index (χ2v) is 8.52. The number of amides is 1. The van der Waals surface area contributed by atoms with Gasteiger partial charge in [-0.05, 0) is 42.9 Å². The molecule has 3 nitrogen and oxygen atoms in total. The van der Waals surface area contributed by atoms with Gasteiger partial charge in [-0.1, -0.05) is 47.0 Å². The highest BCUT2D eigenvalue weighted by atomic mass is 16.2. The Labute approximate surface area is 129 Å². The van der Waals surface area contributed by atoms with Gasteiger partial charge in [0, 0.05) is 6.04 Å². The summed E-state index contributed by atoms with van der Waals surface area (Å²) in [4.78, 5) is 15.4. The maximum Gasteiger partial charge on any atom is 0.241 e. The Morgan fingerprint density at radius 3 is 2.33 bits per heavy atom. The molecule has 0 aromatic rings. The van der Waals surface area contributed by atoms with Crippen LogP contribution in [0, 0.1) is 17.3 Å². The number of carbonyl (C=O) groups is 1. The fourth-order valence-corrected chi connectivity index (χ4v) is 4.92. The van der Waals surface area contributed by atoms with Crippen LogP contribution >= 0.6 is 0 Å². The first-order valence-electron chi connectivity index (χ1n) is 9.00. The molecular formula is C18H32N2O. The SMILES string of the molecule is CC(C)C1NC(C2CCCC2)N(C2CCCC2(C)C)C1=O. The Bertz CT molecular complexity index is 398. The first-order valence-corrected chi connectivity index (χ1v) is 9.00. The third-order valence-electron chi connectivity index (χ3n) is 6.22. The molecule has 2 aliphatic carbocycles. The molecule has 1 saturated heterocycles. The van der Waals surface area contributed by atoms with E-state index < -0.39 is 0 Å². The number of hydrogen-bond donors (Lipinski definition) is 1. The van der Waals surface area contributed by atoms with Gasteiger partial charge in [0.25, 0.3) is 0 Å². The zero-order valence-corrected chi connectivity index (χ0v) is 14.2. The molecule has 3 heteroatoms. The molecule has 1 aliphatic heterocycles. The molecule has 120 valence electrons. The van der Waals surface area contributed by atoms with Crippen molar-refractivity contribution in [1.82, 2.24) is 10.2 Å². The summed E-state index contributed by atoms with van der Waals surface area (Å²) in [7, 11) is 0. The van der Waals surface area contributed by atoms with E-state index in [4.69, 9.17) is 0 Å². The Morgan fingerprint density at radius 1 is 1.14 bits per heavy atom. The predicted octanol–water partition coefficient (Wildman–Crippen LogP) is 3.54. The summed E-state index contributed by atoms with van der Waals surface area (Å²) in [6, 6.07) is 0.471. The maximum atomic E-state index is 13.1. The number of rotatable bonds is 3. The van der Waals surface area contributed by atoms with Gasteiger partial charge in [-0.25, -0.2) is 0 Å². The molecule has 3 unspecified atom stereocenters. The molecule has 2 saturated carbocycles. The van der Waals surface area contributed by atoms with E-state index in [1.54, 1.807) is 0 Å². The average Bonchev–Trinajstić information content (AvgIpc) is 3.08. The number of nitrogens with one attached hydrogen (secondary N) is 1. The van der Waals surface area contributed by atoms with Crippen LogP contribution in [0.2, 0.25) is 0 Å². The minimum atomic E-state index is 0.0343. The van der Waals surface area contributed by atoms with Crippen molar-refractivity contribution in [3.8, 4) is 0 Å². The molecule has 1 heterocycles. The van der Waals surface area contributed by atoms with Crippen molar-refractivity contribution in [3.63, 3.8) is 0 Å². The molecule has 0 aromatic heterocycles. The highest BCUT2D eigenvalue weighted by Gasteiger charge is 2.51. The summed E-state index contributed by atoms with van der Waals surface area (Å²) >= 11 is 0. The third kappa shape index (κ3) is 2.62. The van der Waals surface area contributed by atoms with E-state index in [0.717, 1.165) is 0 Å². The van der Waals surface area contributed by atoms with Gasteiger partial charge < -0.3 is 4.90 Å². The molecule has 3 atom stereocenters. The van der Waals surface area contributed by atoms with Gasteiger partial charge in [0.05, 0.1) is 12.2 Å². The first kappa shape index (κ1) is 15.3. The van der Waals surface area contributed by atoms with Crippen molar-refractivity contribution in [1.29, 1.82) is 0 Å². The normalized spacial score (nSPS) is 37.1. The Kier molecular flexibility index (Phi) is 4.06. The lowest BCUT2D eigenvalue weighted by atomic mass is 9.85. The van der Waals surface area contributed by atoms with Gasteiger partial charge in [0.2, 0.25) is 5.91 Å². The van der Waals surface area contributed by atoms with E-state index in [1.807, 2.05) is 0 Å². The van der Waals surface area contributed by atoms with Crippen molar-refractivity contribution in [3.05, 3.63) is 0 Å². The first-order chi connectivity index (χ1) is 9.92. The van der Waals surface area contributed by atoms with Gasteiger partial charge in [-0.15, -0.1) is 0 Å². The molecule has 3 aliphatic rings. The molecule has 1 amide bonds. The summed E-state index contributed by atoms with van der Waals surface area (Å²) in [5, 5.41) is 3.72. The Balaban J connectivity index is 1.87. The predicted molar refractivity (Wildman–Crippen MR) is 85.8 cm³/mol. The minimum Gasteiger partial charge on any atom is -0.322 e. The van der Waals surface area contributed by atoms with Crippen LogP contribution in [0.1, 0.15) is 72.6 Å². The third-order valence-corrected chi connectivity index (χ3v) is 6.22. The van der Waals surface area contributed by atoms with Gasteiger partial charge in [0.1, 0.15) is 0 Å². The minimum absolute atomic E-state index is 0.0343. The molecule has 0 aromatic carbocycles.